The number of hydrogen-bond acceptors (Lipinski definition) is 4. The number of rotatable bonds is 2. The van der Waals surface area contributed by atoms with E-state index in [-0.39, 0.29) is 17.5 Å². The second kappa shape index (κ2) is 4.14. The SMILES string of the molecule is Nc1ncccc1C(=O)C1COc2ccccc21. The predicted octanol–water partition coefficient (Wildman–Crippen LogP) is 2.02. The van der Waals surface area contributed by atoms with Crippen LogP contribution < -0.4 is 10.5 Å². The van der Waals surface area contributed by atoms with Gasteiger partial charge in [-0.25, -0.2) is 4.98 Å². The molecule has 0 aliphatic carbocycles. The van der Waals surface area contributed by atoms with Gasteiger partial charge in [0.1, 0.15) is 18.2 Å². The van der Waals surface area contributed by atoms with Gasteiger partial charge in [-0.15, -0.1) is 0 Å². The highest BCUT2D eigenvalue weighted by Crippen LogP contribution is 2.35. The molecule has 1 aromatic heterocycles. The molecule has 1 aromatic carbocycles. The molecule has 0 spiro atoms. The number of nitrogens with zero attached hydrogens (tertiary/aromatic N) is 1. The Labute approximate surface area is 104 Å². The van der Waals surface area contributed by atoms with E-state index in [0.29, 0.717) is 12.2 Å². The van der Waals surface area contributed by atoms with E-state index in [1.165, 1.54) is 0 Å². The number of benzene rings is 1. The van der Waals surface area contributed by atoms with Gasteiger partial charge in [0.25, 0.3) is 0 Å². The van der Waals surface area contributed by atoms with Gasteiger partial charge in [0.2, 0.25) is 0 Å². The van der Waals surface area contributed by atoms with Gasteiger partial charge >= 0.3 is 0 Å². The third-order valence-corrected chi connectivity index (χ3v) is 3.12. The van der Waals surface area contributed by atoms with Gasteiger partial charge in [0.15, 0.2) is 5.78 Å². The minimum Gasteiger partial charge on any atom is -0.492 e. The zero-order valence-electron chi connectivity index (χ0n) is 9.67. The van der Waals surface area contributed by atoms with Crippen LogP contribution in [0.15, 0.2) is 42.6 Å². The normalized spacial score (nSPS) is 17.0. The van der Waals surface area contributed by atoms with Gasteiger partial charge in [-0.3, -0.25) is 4.79 Å². The average molecular weight is 240 g/mol. The van der Waals surface area contributed by atoms with E-state index in [1.807, 2.05) is 24.3 Å². The molecule has 4 heteroatoms. The van der Waals surface area contributed by atoms with E-state index in [9.17, 15) is 4.79 Å². The monoisotopic (exact) mass is 240 g/mol. The van der Waals surface area contributed by atoms with Gasteiger partial charge in [0.05, 0.1) is 11.5 Å². The number of anilines is 1. The van der Waals surface area contributed by atoms with Crippen LogP contribution in [0.4, 0.5) is 5.82 Å². The summed E-state index contributed by atoms with van der Waals surface area (Å²) in [6.07, 6.45) is 1.57. The zero-order chi connectivity index (χ0) is 12.5. The van der Waals surface area contributed by atoms with E-state index in [0.717, 1.165) is 11.3 Å². The zero-order valence-corrected chi connectivity index (χ0v) is 9.67. The average Bonchev–Trinajstić information content (AvgIpc) is 2.82. The Kier molecular flexibility index (Phi) is 2.48. The summed E-state index contributed by atoms with van der Waals surface area (Å²) in [4.78, 5) is 16.4. The number of ether oxygens (including phenoxy) is 1. The lowest BCUT2D eigenvalue weighted by Crippen LogP contribution is -2.16. The topological polar surface area (TPSA) is 65.2 Å². The van der Waals surface area contributed by atoms with Crippen molar-refractivity contribution in [2.75, 3.05) is 12.3 Å². The molecule has 4 nitrogen and oxygen atoms in total. The van der Waals surface area contributed by atoms with Gasteiger partial charge in [-0.1, -0.05) is 18.2 Å². The predicted molar refractivity (Wildman–Crippen MR) is 67.7 cm³/mol. The summed E-state index contributed by atoms with van der Waals surface area (Å²) < 4.78 is 5.51. The molecule has 3 rings (SSSR count). The molecule has 2 heterocycles. The maximum absolute atomic E-state index is 12.4. The van der Waals surface area contributed by atoms with Crippen LogP contribution >= 0.6 is 0 Å². The van der Waals surface area contributed by atoms with Gasteiger partial charge in [-0.2, -0.15) is 0 Å². The number of ketones is 1. The third-order valence-electron chi connectivity index (χ3n) is 3.12. The molecule has 1 atom stereocenters. The molecule has 0 saturated heterocycles. The van der Waals surface area contributed by atoms with Crippen molar-refractivity contribution >= 4 is 11.6 Å². The lowest BCUT2D eigenvalue weighted by atomic mass is 9.93. The largest absolute Gasteiger partial charge is 0.492 e. The van der Waals surface area contributed by atoms with E-state index >= 15 is 0 Å². The van der Waals surface area contributed by atoms with Crippen molar-refractivity contribution in [3.05, 3.63) is 53.7 Å². The van der Waals surface area contributed by atoms with Crippen LogP contribution in [-0.2, 0) is 0 Å². The highest BCUT2D eigenvalue weighted by atomic mass is 16.5. The number of para-hydroxylation sites is 1. The first-order chi connectivity index (χ1) is 8.77. The highest BCUT2D eigenvalue weighted by Gasteiger charge is 2.31. The molecule has 0 bridgehead atoms. The van der Waals surface area contributed by atoms with Crippen molar-refractivity contribution in [3.63, 3.8) is 0 Å². The number of carbonyl (C=O) groups excluding carboxylic acids is 1. The first kappa shape index (κ1) is 10.8. The molecular formula is C14H12N2O2. The smallest absolute Gasteiger partial charge is 0.177 e. The van der Waals surface area contributed by atoms with E-state index < -0.39 is 0 Å². The van der Waals surface area contributed by atoms with Crippen LogP contribution in [0.1, 0.15) is 21.8 Å². The quantitative estimate of drug-likeness (QED) is 0.815. The molecule has 0 saturated carbocycles. The number of Topliss-reactive ketones (excluding diaryl/α,β-unsaturated/α-hetero) is 1. The molecule has 0 radical (unpaired) electrons. The van der Waals surface area contributed by atoms with Crippen LogP contribution in [-0.4, -0.2) is 17.4 Å². The van der Waals surface area contributed by atoms with Crippen LogP contribution in [0.3, 0.4) is 0 Å². The summed E-state index contributed by atoms with van der Waals surface area (Å²) in [6, 6.07) is 11.0. The maximum Gasteiger partial charge on any atom is 0.177 e. The van der Waals surface area contributed by atoms with Crippen molar-refractivity contribution in [1.29, 1.82) is 0 Å². The Morgan fingerprint density at radius 3 is 2.94 bits per heavy atom. The van der Waals surface area contributed by atoms with Crippen LogP contribution in [0, 0.1) is 0 Å². The molecule has 90 valence electrons. The fraction of sp³-hybridized carbons (Fsp3) is 0.143. The Morgan fingerprint density at radius 2 is 2.11 bits per heavy atom. The van der Waals surface area contributed by atoms with E-state index in [2.05, 4.69) is 4.98 Å². The first-order valence-electron chi connectivity index (χ1n) is 5.74. The molecule has 18 heavy (non-hydrogen) atoms. The van der Waals surface area contributed by atoms with Crippen molar-refractivity contribution in [3.8, 4) is 5.75 Å². The fourth-order valence-electron chi connectivity index (χ4n) is 2.19. The molecule has 2 N–H and O–H groups in total. The van der Waals surface area contributed by atoms with Crippen LogP contribution in [0.25, 0.3) is 0 Å². The molecule has 0 amide bonds. The molecular weight excluding hydrogens is 228 g/mol. The number of fused-ring (bicyclic) bond motifs is 1. The summed E-state index contributed by atoms with van der Waals surface area (Å²) >= 11 is 0. The summed E-state index contributed by atoms with van der Waals surface area (Å²) in [7, 11) is 0. The van der Waals surface area contributed by atoms with E-state index in [1.54, 1.807) is 18.3 Å². The van der Waals surface area contributed by atoms with Crippen molar-refractivity contribution in [2.45, 2.75) is 5.92 Å². The first-order valence-corrected chi connectivity index (χ1v) is 5.74. The second-order valence-electron chi connectivity index (χ2n) is 4.20. The molecule has 1 aliphatic heterocycles. The Hall–Kier alpha value is -2.36. The lowest BCUT2D eigenvalue weighted by molar-refractivity contribution is 0.0948. The minimum atomic E-state index is -0.285. The summed E-state index contributed by atoms with van der Waals surface area (Å²) in [5, 5.41) is 0. The number of nitrogens with two attached hydrogens (primary N) is 1. The summed E-state index contributed by atoms with van der Waals surface area (Å²) in [5.41, 5.74) is 7.12. The molecule has 0 fully saturated rings. The summed E-state index contributed by atoms with van der Waals surface area (Å²) in [6.45, 7) is 0.368. The van der Waals surface area contributed by atoms with Crippen molar-refractivity contribution in [1.82, 2.24) is 4.98 Å². The van der Waals surface area contributed by atoms with E-state index in [4.69, 9.17) is 10.5 Å². The maximum atomic E-state index is 12.4. The van der Waals surface area contributed by atoms with Gasteiger partial charge < -0.3 is 10.5 Å². The highest BCUT2D eigenvalue weighted by molar-refractivity contribution is 6.05. The van der Waals surface area contributed by atoms with Crippen molar-refractivity contribution < 1.29 is 9.53 Å². The molecule has 1 unspecified atom stereocenters. The number of hydrogen-bond donors (Lipinski definition) is 1. The fourth-order valence-corrected chi connectivity index (χ4v) is 2.19. The van der Waals surface area contributed by atoms with Gasteiger partial charge in [-0.05, 0) is 18.2 Å². The molecule has 1 aliphatic rings. The van der Waals surface area contributed by atoms with Gasteiger partial charge in [0, 0.05) is 11.8 Å². The molecule has 2 aromatic rings. The third kappa shape index (κ3) is 1.62. The van der Waals surface area contributed by atoms with Crippen LogP contribution in [0.2, 0.25) is 0 Å². The van der Waals surface area contributed by atoms with Crippen LogP contribution in [0.5, 0.6) is 5.75 Å². The number of aromatic nitrogens is 1. The van der Waals surface area contributed by atoms with Crippen molar-refractivity contribution in [2.24, 2.45) is 0 Å². The Balaban J connectivity index is 1.99. The summed E-state index contributed by atoms with van der Waals surface area (Å²) in [5.74, 6) is 0.725. The Bertz CT molecular complexity index is 610. The number of nitrogen functional groups attached to an aromatic ring is 1. The lowest BCUT2D eigenvalue weighted by Gasteiger charge is -2.09. The number of pyridine rings is 1. The minimum absolute atomic E-state index is 0.0365. The standard InChI is InChI=1S/C14H12N2O2/c15-14-10(5-3-7-16-14)13(17)11-8-18-12-6-2-1-4-9(11)12/h1-7,11H,8H2,(H2,15,16). The second-order valence-corrected chi connectivity index (χ2v) is 4.20. The Morgan fingerprint density at radius 1 is 1.28 bits per heavy atom. The number of carbonyl (C=O) groups is 1.